The molecule has 0 radical (unpaired) electrons. The second-order valence-electron chi connectivity index (χ2n) is 8.06. The Kier molecular flexibility index (Phi) is 5.41. The summed E-state index contributed by atoms with van der Waals surface area (Å²) in [6.45, 7) is 7.39. The molecule has 1 N–H and O–H groups in total. The Morgan fingerprint density at radius 2 is 1.69 bits per heavy atom. The highest BCUT2D eigenvalue weighted by Crippen LogP contribution is 2.23. The van der Waals surface area contributed by atoms with E-state index >= 15 is 0 Å². The highest BCUT2D eigenvalue weighted by molar-refractivity contribution is 5.98. The first-order chi connectivity index (χ1) is 13.9. The summed E-state index contributed by atoms with van der Waals surface area (Å²) in [5.74, 6) is -0.156. The molecule has 0 atom stereocenters. The summed E-state index contributed by atoms with van der Waals surface area (Å²) in [4.78, 5) is 44.7. The smallest absolute Gasteiger partial charge is 0.261 e. The van der Waals surface area contributed by atoms with Crippen LogP contribution in [0.15, 0.2) is 23.0 Å². The maximum absolute atomic E-state index is 13.0. The third-order valence-electron chi connectivity index (χ3n) is 5.98. The van der Waals surface area contributed by atoms with Gasteiger partial charge in [-0.25, -0.2) is 0 Å². The molecule has 0 unspecified atom stereocenters. The minimum absolute atomic E-state index is 0.0580. The van der Waals surface area contributed by atoms with Crippen LogP contribution in [0, 0.1) is 19.8 Å². The molecule has 7 heteroatoms. The largest absolute Gasteiger partial charge is 0.378 e. The van der Waals surface area contributed by atoms with Gasteiger partial charge in [0.2, 0.25) is 5.91 Å². The number of carbonyl (C=O) groups excluding carboxylic acids is 2. The quantitative estimate of drug-likeness (QED) is 0.839. The van der Waals surface area contributed by atoms with Gasteiger partial charge in [0.1, 0.15) is 5.56 Å². The van der Waals surface area contributed by atoms with Crippen LogP contribution in [-0.2, 0) is 9.53 Å². The van der Waals surface area contributed by atoms with E-state index in [0.29, 0.717) is 52.2 Å². The van der Waals surface area contributed by atoms with E-state index in [1.165, 1.54) is 0 Å². The van der Waals surface area contributed by atoms with E-state index in [4.69, 9.17) is 4.74 Å². The highest BCUT2D eigenvalue weighted by Gasteiger charge is 2.31. The summed E-state index contributed by atoms with van der Waals surface area (Å²) in [5.41, 5.74) is 2.65. The van der Waals surface area contributed by atoms with Crippen LogP contribution in [0.2, 0.25) is 0 Å². The number of piperidine rings is 1. The third-order valence-corrected chi connectivity index (χ3v) is 5.98. The molecule has 2 fully saturated rings. The number of hydrogen-bond acceptors (Lipinski definition) is 4. The zero-order valence-electron chi connectivity index (χ0n) is 17.0. The third kappa shape index (κ3) is 3.92. The number of nitrogens with one attached hydrogen (secondary N) is 1. The van der Waals surface area contributed by atoms with E-state index in [0.717, 1.165) is 22.0 Å². The molecule has 0 spiro atoms. The van der Waals surface area contributed by atoms with Crippen LogP contribution in [0.4, 0.5) is 0 Å². The lowest BCUT2D eigenvalue weighted by Crippen LogP contribution is -2.48. The number of aromatic amines is 1. The van der Waals surface area contributed by atoms with E-state index in [-0.39, 0.29) is 28.9 Å². The van der Waals surface area contributed by atoms with Crippen LogP contribution < -0.4 is 5.56 Å². The van der Waals surface area contributed by atoms with Crippen LogP contribution in [0.25, 0.3) is 10.9 Å². The number of nitrogens with zero attached hydrogens (tertiary/aromatic N) is 2. The van der Waals surface area contributed by atoms with Gasteiger partial charge in [-0.05, 0) is 49.8 Å². The molecule has 29 heavy (non-hydrogen) atoms. The van der Waals surface area contributed by atoms with E-state index in [9.17, 15) is 14.4 Å². The standard InChI is InChI=1S/C22H27N3O4/c1-14-11-15(2)19-17(12-14)13-18(20(26)23-19)22(28)24-5-3-16(4-6-24)21(27)25-7-9-29-10-8-25/h11-13,16H,3-10H2,1-2H3,(H,23,26). The van der Waals surface area contributed by atoms with Crippen molar-refractivity contribution in [3.05, 3.63) is 45.2 Å². The molecule has 2 aromatic rings. The number of ether oxygens (including phenoxy) is 1. The molecule has 2 amide bonds. The van der Waals surface area contributed by atoms with Crippen molar-refractivity contribution in [1.82, 2.24) is 14.8 Å². The van der Waals surface area contributed by atoms with E-state index in [1.54, 1.807) is 11.0 Å². The van der Waals surface area contributed by atoms with Crippen LogP contribution >= 0.6 is 0 Å². The fourth-order valence-electron chi connectivity index (χ4n) is 4.39. The van der Waals surface area contributed by atoms with Gasteiger partial charge in [-0.15, -0.1) is 0 Å². The Morgan fingerprint density at radius 3 is 2.38 bits per heavy atom. The van der Waals surface area contributed by atoms with Gasteiger partial charge < -0.3 is 19.5 Å². The fraction of sp³-hybridized carbons (Fsp3) is 0.500. The first-order valence-electron chi connectivity index (χ1n) is 10.2. The van der Waals surface area contributed by atoms with E-state index < -0.39 is 0 Å². The predicted molar refractivity (Wildman–Crippen MR) is 110 cm³/mol. The zero-order valence-corrected chi connectivity index (χ0v) is 17.0. The lowest BCUT2D eigenvalue weighted by Gasteiger charge is -2.35. The number of H-pyrrole nitrogens is 1. The number of amides is 2. The first kappa shape index (κ1) is 19.6. The van der Waals surface area contributed by atoms with Gasteiger partial charge in [0.05, 0.1) is 18.7 Å². The van der Waals surface area contributed by atoms with Gasteiger partial charge in [0.15, 0.2) is 0 Å². The van der Waals surface area contributed by atoms with Gasteiger partial charge >= 0.3 is 0 Å². The molecule has 3 heterocycles. The van der Waals surface area contributed by atoms with Crippen molar-refractivity contribution in [3.63, 3.8) is 0 Å². The number of benzene rings is 1. The minimum atomic E-state index is -0.360. The predicted octanol–water partition coefficient (Wildman–Crippen LogP) is 1.86. The number of fused-ring (bicyclic) bond motifs is 1. The Morgan fingerprint density at radius 1 is 1.00 bits per heavy atom. The highest BCUT2D eigenvalue weighted by atomic mass is 16.5. The molecular formula is C22H27N3O4. The van der Waals surface area contributed by atoms with E-state index in [1.807, 2.05) is 30.9 Å². The molecule has 2 aliphatic heterocycles. The topological polar surface area (TPSA) is 82.7 Å². The van der Waals surface area contributed by atoms with Gasteiger partial charge in [-0.3, -0.25) is 14.4 Å². The molecule has 4 rings (SSSR count). The fourth-order valence-corrected chi connectivity index (χ4v) is 4.39. The van der Waals surface area contributed by atoms with Crippen LogP contribution in [0.5, 0.6) is 0 Å². The van der Waals surface area contributed by atoms with Gasteiger partial charge in [0, 0.05) is 32.1 Å². The number of morpholine rings is 1. The van der Waals surface area contributed by atoms with Crippen molar-refractivity contribution in [1.29, 1.82) is 0 Å². The van der Waals surface area contributed by atoms with Crippen LogP contribution in [0.1, 0.15) is 34.3 Å². The summed E-state index contributed by atoms with van der Waals surface area (Å²) in [6, 6.07) is 5.68. The number of carbonyl (C=O) groups is 2. The summed E-state index contributed by atoms with van der Waals surface area (Å²) in [5, 5.41) is 0.864. The Hall–Kier alpha value is -2.67. The van der Waals surface area contributed by atoms with Crippen LogP contribution in [-0.4, -0.2) is 66.0 Å². The lowest BCUT2D eigenvalue weighted by molar-refractivity contribution is -0.141. The zero-order chi connectivity index (χ0) is 20.5. The molecule has 154 valence electrons. The van der Waals surface area contributed by atoms with Gasteiger partial charge in [-0.2, -0.15) is 0 Å². The molecule has 7 nitrogen and oxygen atoms in total. The maximum atomic E-state index is 13.0. The number of pyridine rings is 1. The van der Waals surface area contributed by atoms with Crippen molar-refractivity contribution in [2.24, 2.45) is 5.92 Å². The van der Waals surface area contributed by atoms with Crippen molar-refractivity contribution in [2.45, 2.75) is 26.7 Å². The molecule has 0 aliphatic carbocycles. The number of aryl methyl sites for hydroxylation is 2. The Balaban J connectivity index is 1.47. The molecule has 0 bridgehead atoms. The normalized spacial score (nSPS) is 18.3. The van der Waals surface area contributed by atoms with Crippen LogP contribution in [0.3, 0.4) is 0 Å². The van der Waals surface area contributed by atoms with Gasteiger partial charge in [0.25, 0.3) is 11.5 Å². The summed E-state index contributed by atoms with van der Waals surface area (Å²) in [7, 11) is 0. The molecular weight excluding hydrogens is 370 g/mol. The molecule has 1 aromatic carbocycles. The average molecular weight is 397 g/mol. The number of likely N-dealkylation sites (tertiary alicyclic amines) is 1. The van der Waals surface area contributed by atoms with Gasteiger partial charge in [-0.1, -0.05) is 11.6 Å². The lowest BCUT2D eigenvalue weighted by atomic mass is 9.94. The van der Waals surface area contributed by atoms with Crippen molar-refractivity contribution >= 4 is 22.7 Å². The second kappa shape index (κ2) is 7.99. The molecule has 0 saturated carbocycles. The summed E-state index contributed by atoms with van der Waals surface area (Å²) >= 11 is 0. The minimum Gasteiger partial charge on any atom is -0.378 e. The first-order valence-corrected chi connectivity index (χ1v) is 10.2. The van der Waals surface area contributed by atoms with E-state index in [2.05, 4.69) is 4.98 Å². The number of hydrogen-bond donors (Lipinski definition) is 1. The molecule has 2 aliphatic rings. The SMILES string of the molecule is Cc1cc(C)c2[nH]c(=O)c(C(=O)N3CCC(C(=O)N4CCOCC4)CC3)cc2c1. The monoisotopic (exact) mass is 397 g/mol. The van der Waals surface area contributed by atoms with Crippen molar-refractivity contribution in [2.75, 3.05) is 39.4 Å². The summed E-state index contributed by atoms with van der Waals surface area (Å²) < 4.78 is 5.31. The molecule has 2 saturated heterocycles. The second-order valence-corrected chi connectivity index (χ2v) is 8.06. The van der Waals surface area contributed by atoms with Crippen molar-refractivity contribution in [3.8, 4) is 0 Å². The molecule has 1 aromatic heterocycles. The summed E-state index contributed by atoms with van der Waals surface area (Å²) in [6.07, 6.45) is 1.26. The Bertz CT molecular complexity index is 999. The average Bonchev–Trinajstić information content (AvgIpc) is 2.73. The Labute approximate surface area is 169 Å². The number of aromatic nitrogens is 1. The maximum Gasteiger partial charge on any atom is 0.261 e. The number of rotatable bonds is 2. The van der Waals surface area contributed by atoms with Crippen molar-refractivity contribution < 1.29 is 14.3 Å².